The van der Waals surface area contributed by atoms with E-state index in [0.717, 1.165) is 11.3 Å². The van der Waals surface area contributed by atoms with E-state index < -0.39 is 0 Å². The van der Waals surface area contributed by atoms with E-state index >= 15 is 0 Å². The van der Waals surface area contributed by atoms with Crippen LogP contribution in [0.5, 0.6) is 5.75 Å². The van der Waals surface area contributed by atoms with E-state index in [1.54, 1.807) is 19.2 Å². The Morgan fingerprint density at radius 2 is 1.78 bits per heavy atom. The summed E-state index contributed by atoms with van der Waals surface area (Å²) in [5.41, 5.74) is 3.08. The maximum atomic E-state index is 13.1. The molecule has 0 saturated carbocycles. The molecule has 0 aromatic heterocycles. The molecule has 0 spiro atoms. The van der Waals surface area contributed by atoms with Gasteiger partial charge in [-0.2, -0.15) is 0 Å². The summed E-state index contributed by atoms with van der Waals surface area (Å²) in [5, 5.41) is 3.18. The molecule has 0 radical (unpaired) electrons. The Morgan fingerprint density at radius 3 is 2.44 bits per heavy atom. The molecule has 2 amide bonds. The molecule has 140 valence electrons. The number of nitrogens with one attached hydrogen (secondary N) is 1. The Hall–Kier alpha value is -3.08. The van der Waals surface area contributed by atoms with Gasteiger partial charge in [-0.05, 0) is 36.6 Å². The number of aryl methyl sites for hydroxylation is 1. The van der Waals surface area contributed by atoms with E-state index in [1.165, 1.54) is 4.90 Å². The molecule has 1 aliphatic heterocycles. The normalized spacial score (nSPS) is 14.3. The highest BCUT2D eigenvalue weighted by Gasteiger charge is 2.40. The number of hydrogen-bond donors (Lipinski definition) is 1. The van der Waals surface area contributed by atoms with E-state index in [-0.39, 0.29) is 23.4 Å². The highest BCUT2D eigenvalue weighted by molar-refractivity contribution is 6.37. The molecule has 0 unspecified atom stereocenters. The van der Waals surface area contributed by atoms with Gasteiger partial charge in [-0.1, -0.05) is 44.2 Å². The quantitative estimate of drug-likeness (QED) is 0.791. The van der Waals surface area contributed by atoms with Crippen LogP contribution in [0, 0.1) is 12.8 Å². The third kappa shape index (κ3) is 3.72. The van der Waals surface area contributed by atoms with Crippen molar-refractivity contribution in [3.63, 3.8) is 0 Å². The van der Waals surface area contributed by atoms with E-state index in [0.29, 0.717) is 23.4 Å². The fourth-order valence-corrected chi connectivity index (χ4v) is 3.19. The third-order valence-corrected chi connectivity index (χ3v) is 4.38. The Kier molecular flexibility index (Phi) is 5.31. The fourth-order valence-electron chi connectivity index (χ4n) is 3.19. The molecule has 2 aromatic carbocycles. The van der Waals surface area contributed by atoms with E-state index in [4.69, 9.17) is 4.74 Å². The number of anilines is 1. The van der Waals surface area contributed by atoms with Crippen LogP contribution in [-0.2, 0) is 9.59 Å². The monoisotopic (exact) mass is 364 g/mol. The van der Waals surface area contributed by atoms with Gasteiger partial charge in [-0.25, -0.2) is 0 Å². The fraction of sp³-hybridized carbons (Fsp3) is 0.273. The minimum Gasteiger partial charge on any atom is -0.496 e. The molecule has 27 heavy (non-hydrogen) atoms. The van der Waals surface area contributed by atoms with E-state index in [9.17, 15) is 9.59 Å². The molecule has 1 aliphatic rings. The highest BCUT2D eigenvalue weighted by atomic mass is 16.5. The SMILES string of the molecule is COc1ccccc1C1=C(Nc2cccc(C)c2)C(=O)N(CC(C)C)C1=O. The molecule has 0 aliphatic carbocycles. The number of imide groups is 1. The minimum absolute atomic E-state index is 0.176. The van der Waals surface area contributed by atoms with Crippen LogP contribution in [0.4, 0.5) is 5.69 Å². The van der Waals surface area contributed by atoms with Crippen molar-refractivity contribution in [2.45, 2.75) is 20.8 Å². The number of rotatable bonds is 6. The van der Waals surface area contributed by atoms with Crippen LogP contribution in [0.25, 0.3) is 5.57 Å². The van der Waals surface area contributed by atoms with E-state index in [1.807, 2.05) is 57.2 Å². The summed E-state index contributed by atoms with van der Waals surface area (Å²) in [4.78, 5) is 27.5. The topological polar surface area (TPSA) is 58.6 Å². The second-order valence-electron chi connectivity index (χ2n) is 7.06. The van der Waals surface area contributed by atoms with Crippen LogP contribution in [0.2, 0.25) is 0 Å². The lowest BCUT2D eigenvalue weighted by molar-refractivity contribution is -0.137. The Labute approximate surface area is 159 Å². The first kappa shape index (κ1) is 18.7. The molecule has 1 N–H and O–H groups in total. The average molecular weight is 364 g/mol. The number of amides is 2. The standard InChI is InChI=1S/C22H24N2O3/c1-14(2)13-24-21(25)19(17-10-5-6-11-18(17)27-4)20(22(24)26)23-16-9-7-8-15(3)12-16/h5-12,14,23H,13H2,1-4H3. The van der Waals surface area contributed by atoms with Gasteiger partial charge < -0.3 is 10.1 Å². The second kappa shape index (κ2) is 7.66. The van der Waals surface area contributed by atoms with Crippen LogP contribution in [0.1, 0.15) is 25.0 Å². The third-order valence-electron chi connectivity index (χ3n) is 4.38. The molecule has 1 heterocycles. The van der Waals surface area contributed by atoms with Gasteiger partial charge in [-0.3, -0.25) is 14.5 Å². The summed E-state index contributed by atoms with van der Waals surface area (Å²) in [7, 11) is 1.56. The van der Waals surface area contributed by atoms with Crippen molar-refractivity contribution in [1.82, 2.24) is 4.90 Å². The zero-order valence-corrected chi connectivity index (χ0v) is 16.1. The number of para-hydroxylation sites is 1. The van der Waals surface area contributed by atoms with Crippen LogP contribution in [-0.4, -0.2) is 30.4 Å². The maximum Gasteiger partial charge on any atom is 0.278 e. The predicted molar refractivity (Wildman–Crippen MR) is 106 cm³/mol. The first-order valence-corrected chi connectivity index (χ1v) is 9.00. The lowest BCUT2D eigenvalue weighted by Crippen LogP contribution is -2.35. The van der Waals surface area contributed by atoms with Crippen LogP contribution >= 0.6 is 0 Å². The number of nitrogens with zero attached hydrogens (tertiary/aromatic N) is 1. The zero-order valence-electron chi connectivity index (χ0n) is 16.1. The highest BCUT2D eigenvalue weighted by Crippen LogP contribution is 2.35. The Balaban J connectivity index is 2.12. The maximum absolute atomic E-state index is 13.1. The van der Waals surface area contributed by atoms with Crippen molar-refractivity contribution in [3.8, 4) is 5.75 Å². The Bertz CT molecular complexity index is 915. The van der Waals surface area contributed by atoms with Gasteiger partial charge >= 0.3 is 0 Å². The molecule has 2 aromatic rings. The Morgan fingerprint density at radius 1 is 1.04 bits per heavy atom. The molecule has 0 atom stereocenters. The first-order valence-electron chi connectivity index (χ1n) is 9.00. The van der Waals surface area contributed by atoms with Crippen LogP contribution < -0.4 is 10.1 Å². The number of benzene rings is 2. The van der Waals surface area contributed by atoms with Gasteiger partial charge in [0.1, 0.15) is 11.4 Å². The van der Waals surface area contributed by atoms with Crippen molar-refractivity contribution >= 4 is 23.1 Å². The summed E-state index contributed by atoms with van der Waals surface area (Å²) in [6, 6.07) is 15.0. The number of methoxy groups -OCH3 is 1. The molecule has 3 rings (SSSR count). The zero-order chi connectivity index (χ0) is 19.6. The van der Waals surface area contributed by atoms with Gasteiger partial charge in [0.25, 0.3) is 11.8 Å². The number of carbonyl (C=O) groups is 2. The lowest BCUT2D eigenvalue weighted by atomic mass is 10.0. The number of hydrogen-bond acceptors (Lipinski definition) is 4. The first-order chi connectivity index (χ1) is 12.9. The van der Waals surface area contributed by atoms with Crippen molar-refractivity contribution in [1.29, 1.82) is 0 Å². The van der Waals surface area contributed by atoms with Gasteiger partial charge in [0.05, 0.1) is 12.7 Å². The molecular weight excluding hydrogens is 340 g/mol. The summed E-state index contributed by atoms with van der Waals surface area (Å²) in [6.45, 7) is 6.31. The largest absolute Gasteiger partial charge is 0.496 e. The molecule has 5 nitrogen and oxygen atoms in total. The lowest BCUT2D eigenvalue weighted by Gasteiger charge is -2.17. The number of ether oxygens (including phenoxy) is 1. The molecule has 5 heteroatoms. The van der Waals surface area contributed by atoms with Crippen molar-refractivity contribution in [2.75, 3.05) is 19.0 Å². The van der Waals surface area contributed by atoms with Crippen LogP contribution in [0.15, 0.2) is 54.2 Å². The second-order valence-corrected chi connectivity index (χ2v) is 7.06. The summed E-state index contributed by atoms with van der Waals surface area (Å²) < 4.78 is 5.43. The number of carbonyl (C=O) groups excluding carboxylic acids is 2. The summed E-state index contributed by atoms with van der Waals surface area (Å²) in [6.07, 6.45) is 0. The van der Waals surface area contributed by atoms with Crippen molar-refractivity contribution in [3.05, 3.63) is 65.4 Å². The summed E-state index contributed by atoms with van der Waals surface area (Å²) in [5.74, 6) is 0.128. The predicted octanol–water partition coefficient (Wildman–Crippen LogP) is 3.85. The summed E-state index contributed by atoms with van der Waals surface area (Å²) >= 11 is 0. The molecule has 0 bridgehead atoms. The van der Waals surface area contributed by atoms with Gasteiger partial charge in [0.2, 0.25) is 0 Å². The van der Waals surface area contributed by atoms with Gasteiger partial charge in [0, 0.05) is 17.8 Å². The van der Waals surface area contributed by atoms with Gasteiger partial charge in [0.15, 0.2) is 0 Å². The molecular formula is C22H24N2O3. The van der Waals surface area contributed by atoms with Crippen molar-refractivity contribution < 1.29 is 14.3 Å². The van der Waals surface area contributed by atoms with Crippen molar-refractivity contribution in [2.24, 2.45) is 5.92 Å². The molecule has 0 saturated heterocycles. The minimum atomic E-state index is -0.309. The average Bonchev–Trinajstić information content (AvgIpc) is 2.86. The van der Waals surface area contributed by atoms with Gasteiger partial charge in [-0.15, -0.1) is 0 Å². The molecule has 0 fully saturated rings. The van der Waals surface area contributed by atoms with E-state index in [2.05, 4.69) is 5.32 Å². The smallest absolute Gasteiger partial charge is 0.278 e. The van der Waals surface area contributed by atoms with Crippen LogP contribution in [0.3, 0.4) is 0 Å².